The van der Waals surface area contributed by atoms with E-state index in [-0.39, 0.29) is 0 Å². The first-order chi connectivity index (χ1) is 7.81. The van der Waals surface area contributed by atoms with E-state index in [1.165, 1.54) is 21.0 Å². The van der Waals surface area contributed by atoms with Gasteiger partial charge in [0, 0.05) is 10.1 Å². The van der Waals surface area contributed by atoms with Crippen molar-refractivity contribution in [2.45, 2.75) is 6.92 Å². The van der Waals surface area contributed by atoms with Crippen LogP contribution in [0, 0.1) is 18.3 Å². The Morgan fingerprint density at radius 1 is 1.12 bits per heavy atom. The molecule has 3 rings (SSSR count). The lowest BCUT2D eigenvalue weighted by atomic mass is 10.0. The molecule has 0 amide bonds. The van der Waals surface area contributed by atoms with Gasteiger partial charge in [0.1, 0.15) is 0 Å². The van der Waals surface area contributed by atoms with Crippen molar-refractivity contribution >= 4 is 32.2 Å². The minimum atomic E-state index is 0.776. The van der Waals surface area contributed by atoms with E-state index < -0.39 is 0 Å². The quantitative estimate of drug-likeness (QED) is 0.559. The molecule has 0 radical (unpaired) electrons. The van der Waals surface area contributed by atoms with Crippen LogP contribution in [0.15, 0.2) is 35.7 Å². The lowest BCUT2D eigenvalue weighted by molar-refractivity contribution is 1.50. The van der Waals surface area contributed by atoms with Gasteiger partial charge in [-0.15, -0.1) is 11.3 Å². The van der Waals surface area contributed by atoms with Crippen molar-refractivity contribution in [1.29, 1.82) is 5.26 Å². The summed E-state index contributed by atoms with van der Waals surface area (Å²) in [5.74, 6) is 0. The molecule has 0 bridgehead atoms. The molecule has 76 valence electrons. The molecule has 0 atom stereocenters. The molecule has 3 aromatic rings. The fourth-order valence-corrected chi connectivity index (χ4v) is 3.06. The van der Waals surface area contributed by atoms with Crippen molar-refractivity contribution in [2.75, 3.05) is 0 Å². The molecule has 0 N–H and O–H groups in total. The fraction of sp³-hybridized carbons (Fsp3) is 0.0714. The Labute approximate surface area is 97.6 Å². The molecule has 0 aliphatic carbocycles. The molecule has 0 unspecified atom stereocenters. The number of rotatable bonds is 0. The van der Waals surface area contributed by atoms with Crippen molar-refractivity contribution in [3.05, 3.63) is 46.8 Å². The predicted molar refractivity (Wildman–Crippen MR) is 68.8 cm³/mol. The second-order valence-electron chi connectivity index (χ2n) is 3.87. The summed E-state index contributed by atoms with van der Waals surface area (Å²) in [5, 5.41) is 14.7. The van der Waals surface area contributed by atoms with Crippen molar-refractivity contribution < 1.29 is 0 Å². The summed E-state index contributed by atoms with van der Waals surface area (Å²) in [4.78, 5) is 0. The van der Waals surface area contributed by atoms with Gasteiger partial charge in [-0.25, -0.2) is 0 Å². The van der Waals surface area contributed by atoms with Crippen LogP contribution in [0.25, 0.3) is 20.9 Å². The van der Waals surface area contributed by atoms with Crippen LogP contribution in [0.4, 0.5) is 0 Å². The summed E-state index contributed by atoms with van der Waals surface area (Å²) >= 11 is 1.70. The van der Waals surface area contributed by atoms with Gasteiger partial charge in [-0.1, -0.05) is 18.2 Å². The number of fused-ring (bicyclic) bond motifs is 3. The van der Waals surface area contributed by atoms with Gasteiger partial charge in [0.05, 0.1) is 11.6 Å². The summed E-state index contributed by atoms with van der Waals surface area (Å²) in [6.07, 6.45) is 0. The number of hydrogen-bond donors (Lipinski definition) is 0. The monoisotopic (exact) mass is 223 g/mol. The highest BCUT2D eigenvalue weighted by Gasteiger charge is 2.08. The smallest absolute Gasteiger partial charge is 0.0998 e. The van der Waals surface area contributed by atoms with Crippen LogP contribution in [0.3, 0.4) is 0 Å². The third-order valence-electron chi connectivity index (χ3n) is 2.93. The van der Waals surface area contributed by atoms with Gasteiger partial charge >= 0.3 is 0 Å². The van der Waals surface area contributed by atoms with E-state index in [2.05, 4.69) is 31.2 Å². The van der Waals surface area contributed by atoms with Crippen molar-refractivity contribution in [1.82, 2.24) is 0 Å². The Morgan fingerprint density at radius 3 is 2.81 bits per heavy atom. The van der Waals surface area contributed by atoms with E-state index in [1.54, 1.807) is 11.3 Å². The third-order valence-corrected chi connectivity index (χ3v) is 3.88. The van der Waals surface area contributed by atoms with Crippen LogP contribution in [-0.2, 0) is 0 Å². The van der Waals surface area contributed by atoms with E-state index in [4.69, 9.17) is 5.26 Å². The van der Waals surface area contributed by atoms with Gasteiger partial charge in [-0.3, -0.25) is 0 Å². The number of benzene rings is 2. The number of aryl methyl sites for hydroxylation is 1. The van der Waals surface area contributed by atoms with E-state index >= 15 is 0 Å². The van der Waals surface area contributed by atoms with E-state index in [9.17, 15) is 0 Å². The van der Waals surface area contributed by atoms with Crippen LogP contribution in [-0.4, -0.2) is 0 Å². The highest BCUT2D eigenvalue weighted by molar-refractivity contribution is 7.18. The first-order valence-corrected chi connectivity index (χ1v) is 5.99. The molecule has 1 nitrogen and oxygen atoms in total. The summed E-state index contributed by atoms with van der Waals surface area (Å²) in [5.41, 5.74) is 2.00. The molecule has 16 heavy (non-hydrogen) atoms. The Kier molecular flexibility index (Phi) is 1.95. The van der Waals surface area contributed by atoms with Crippen molar-refractivity contribution in [3.63, 3.8) is 0 Å². The molecule has 0 aliphatic heterocycles. The highest BCUT2D eigenvalue weighted by atomic mass is 32.1. The zero-order chi connectivity index (χ0) is 11.1. The van der Waals surface area contributed by atoms with Crippen LogP contribution >= 0.6 is 11.3 Å². The number of hydrogen-bond acceptors (Lipinski definition) is 2. The number of thiophene rings is 1. The lowest BCUT2D eigenvalue weighted by Gasteiger charge is -2.04. The van der Waals surface area contributed by atoms with Gasteiger partial charge < -0.3 is 0 Å². The maximum atomic E-state index is 9.16. The minimum Gasteiger partial charge on any atom is -0.192 e. The predicted octanol–water partition coefficient (Wildman–Crippen LogP) is 4.23. The SMILES string of the molecule is Cc1cccc2c1cc(C#N)c1ccsc12. The second kappa shape index (κ2) is 3.33. The molecule has 2 aromatic carbocycles. The molecule has 0 saturated heterocycles. The van der Waals surface area contributed by atoms with Crippen LogP contribution in [0.1, 0.15) is 11.1 Å². The molecular formula is C14H9NS. The summed E-state index contributed by atoms with van der Waals surface area (Å²) < 4.78 is 1.22. The average molecular weight is 223 g/mol. The standard InChI is InChI=1S/C14H9NS/c1-9-3-2-4-12-13(9)7-10(8-15)11-5-6-16-14(11)12/h2-7H,1H3. The maximum Gasteiger partial charge on any atom is 0.0998 e. The normalized spacial score (nSPS) is 10.8. The Balaban J connectivity index is 2.65. The average Bonchev–Trinajstić information content (AvgIpc) is 2.78. The van der Waals surface area contributed by atoms with E-state index in [0.717, 1.165) is 10.9 Å². The molecule has 0 aliphatic rings. The summed E-state index contributed by atoms with van der Waals surface area (Å²) in [7, 11) is 0. The van der Waals surface area contributed by atoms with Crippen LogP contribution in [0.5, 0.6) is 0 Å². The summed E-state index contributed by atoms with van der Waals surface area (Å²) in [6.45, 7) is 2.09. The van der Waals surface area contributed by atoms with Crippen LogP contribution in [0.2, 0.25) is 0 Å². The topological polar surface area (TPSA) is 23.8 Å². The zero-order valence-corrected chi connectivity index (χ0v) is 9.64. The first-order valence-electron chi connectivity index (χ1n) is 5.11. The van der Waals surface area contributed by atoms with Gasteiger partial charge in [0.15, 0.2) is 0 Å². The summed E-state index contributed by atoms with van der Waals surface area (Å²) in [6, 6.07) is 12.6. The zero-order valence-electron chi connectivity index (χ0n) is 8.82. The molecule has 1 aromatic heterocycles. The van der Waals surface area contributed by atoms with Crippen LogP contribution < -0.4 is 0 Å². The fourth-order valence-electron chi connectivity index (χ4n) is 2.11. The first kappa shape index (κ1) is 9.38. The molecular weight excluding hydrogens is 214 g/mol. The second-order valence-corrected chi connectivity index (χ2v) is 4.79. The number of nitriles is 1. The van der Waals surface area contributed by atoms with Gasteiger partial charge in [-0.2, -0.15) is 5.26 Å². The number of nitrogens with zero attached hydrogens (tertiary/aromatic N) is 1. The third kappa shape index (κ3) is 1.16. The van der Waals surface area contributed by atoms with Gasteiger partial charge in [-0.05, 0) is 40.8 Å². The van der Waals surface area contributed by atoms with Crippen molar-refractivity contribution in [3.8, 4) is 6.07 Å². The van der Waals surface area contributed by atoms with Gasteiger partial charge in [0.25, 0.3) is 0 Å². The largest absolute Gasteiger partial charge is 0.192 e. The molecule has 1 heterocycles. The molecule has 0 fully saturated rings. The Bertz CT molecular complexity index is 731. The van der Waals surface area contributed by atoms with E-state index in [1.807, 2.05) is 17.5 Å². The van der Waals surface area contributed by atoms with E-state index in [0.29, 0.717) is 0 Å². The Hall–Kier alpha value is -1.85. The maximum absolute atomic E-state index is 9.16. The van der Waals surface area contributed by atoms with Crippen molar-refractivity contribution in [2.24, 2.45) is 0 Å². The molecule has 2 heteroatoms. The molecule has 0 saturated carbocycles. The highest BCUT2D eigenvalue weighted by Crippen LogP contribution is 2.33. The van der Waals surface area contributed by atoms with Gasteiger partial charge in [0.2, 0.25) is 0 Å². The molecule has 0 spiro atoms. The minimum absolute atomic E-state index is 0.776. The Morgan fingerprint density at radius 2 is 2.00 bits per heavy atom. The lowest BCUT2D eigenvalue weighted by Crippen LogP contribution is -1.82.